The normalized spacial score (nSPS) is 14.0. The van der Waals surface area contributed by atoms with Gasteiger partial charge in [-0.15, -0.1) is 6.58 Å². The molecule has 0 rings (SSSR count). The number of unbranched alkanes of at least 4 members (excludes halogenated alkanes) is 1. The molecule has 0 saturated heterocycles. The minimum atomic E-state index is -4.30. The molecule has 0 amide bonds. The number of rotatable bonds is 7. The van der Waals surface area contributed by atoms with Crippen LogP contribution in [0, 0.1) is 5.92 Å². The molecule has 0 aromatic heterocycles. The van der Waals surface area contributed by atoms with Gasteiger partial charge in [-0.3, -0.25) is 4.55 Å². The molecule has 0 bridgehead atoms. The van der Waals surface area contributed by atoms with E-state index in [1.54, 1.807) is 6.08 Å². The van der Waals surface area contributed by atoms with Gasteiger partial charge in [0.25, 0.3) is 0 Å². The van der Waals surface area contributed by atoms with Crippen molar-refractivity contribution in [3.05, 3.63) is 12.7 Å². The van der Waals surface area contributed by atoms with Gasteiger partial charge in [-0.25, -0.2) is 4.18 Å². The summed E-state index contributed by atoms with van der Waals surface area (Å²) in [6.07, 6.45) is 4.50. The van der Waals surface area contributed by atoms with Crippen LogP contribution in [0.3, 0.4) is 0 Å². The predicted octanol–water partition coefficient (Wildman–Crippen LogP) is 1.80. The summed E-state index contributed by atoms with van der Waals surface area (Å²) < 4.78 is 33.0. The lowest BCUT2D eigenvalue weighted by atomic mass is 10.0. The van der Waals surface area contributed by atoms with E-state index in [4.69, 9.17) is 4.55 Å². The second-order valence-electron chi connectivity index (χ2n) is 2.85. The molecule has 1 unspecified atom stereocenters. The third-order valence-corrected chi connectivity index (χ3v) is 2.13. The number of hydrogen-bond acceptors (Lipinski definition) is 3. The first kappa shape index (κ1) is 12.6. The summed E-state index contributed by atoms with van der Waals surface area (Å²) in [4.78, 5) is 0. The van der Waals surface area contributed by atoms with Crippen molar-refractivity contribution in [3.63, 3.8) is 0 Å². The third-order valence-electron chi connectivity index (χ3n) is 1.69. The molecule has 0 radical (unpaired) electrons. The van der Waals surface area contributed by atoms with Crippen molar-refractivity contribution in [1.82, 2.24) is 0 Å². The molecule has 0 heterocycles. The molecule has 1 N–H and O–H groups in total. The van der Waals surface area contributed by atoms with Gasteiger partial charge in [0.2, 0.25) is 0 Å². The van der Waals surface area contributed by atoms with Gasteiger partial charge in [0.1, 0.15) is 0 Å². The van der Waals surface area contributed by atoms with Gasteiger partial charge in [0, 0.05) is 5.92 Å². The van der Waals surface area contributed by atoms with Crippen LogP contribution in [0.4, 0.5) is 0 Å². The Balaban J connectivity index is 3.79. The topological polar surface area (TPSA) is 63.6 Å². The van der Waals surface area contributed by atoms with Crippen LogP contribution in [0.25, 0.3) is 0 Å². The maximum absolute atomic E-state index is 10.2. The number of hydrogen-bond donors (Lipinski definition) is 1. The maximum Gasteiger partial charge on any atom is 0.397 e. The van der Waals surface area contributed by atoms with E-state index in [2.05, 4.69) is 10.8 Å². The fourth-order valence-corrected chi connectivity index (χ4v) is 1.26. The van der Waals surface area contributed by atoms with Crippen LogP contribution in [0.5, 0.6) is 0 Å². The van der Waals surface area contributed by atoms with E-state index in [0.717, 1.165) is 19.3 Å². The molecule has 5 heteroatoms. The largest absolute Gasteiger partial charge is 0.397 e. The average Bonchev–Trinajstić information content (AvgIpc) is 2.03. The fraction of sp³-hybridized carbons (Fsp3) is 0.750. The summed E-state index contributed by atoms with van der Waals surface area (Å²) in [6.45, 7) is 5.58. The minimum absolute atomic E-state index is 0.0122. The van der Waals surface area contributed by atoms with E-state index in [1.165, 1.54) is 0 Å². The molecule has 0 aliphatic heterocycles. The Labute approximate surface area is 79.6 Å². The molecule has 78 valence electrons. The van der Waals surface area contributed by atoms with E-state index in [0.29, 0.717) is 0 Å². The highest BCUT2D eigenvalue weighted by atomic mass is 32.3. The van der Waals surface area contributed by atoms with Gasteiger partial charge in [0.05, 0.1) is 6.61 Å². The van der Waals surface area contributed by atoms with Crippen molar-refractivity contribution >= 4 is 10.4 Å². The van der Waals surface area contributed by atoms with E-state index in [9.17, 15) is 8.42 Å². The van der Waals surface area contributed by atoms with Crippen molar-refractivity contribution in [2.24, 2.45) is 5.92 Å². The SMILES string of the molecule is C=CC(CCCC)COS(=O)(=O)O. The molecule has 0 aromatic rings. The Morgan fingerprint density at radius 2 is 2.23 bits per heavy atom. The zero-order chi connectivity index (χ0) is 10.3. The monoisotopic (exact) mass is 208 g/mol. The molecule has 0 spiro atoms. The molecule has 0 aliphatic carbocycles. The van der Waals surface area contributed by atoms with Gasteiger partial charge in [0.15, 0.2) is 0 Å². The first-order valence-electron chi connectivity index (χ1n) is 4.24. The van der Waals surface area contributed by atoms with Crippen molar-refractivity contribution in [2.45, 2.75) is 26.2 Å². The zero-order valence-electron chi connectivity index (χ0n) is 7.77. The smallest absolute Gasteiger partial charge is 0.264 e. The molecule has 0 aromatic carbocycles. The van der Waals surface area contributed by atoms with Gasteiger partial charge < -0.3 is 0 Å². The first-order valence-corrected chi connectivity index (χ1v) is 5.60. The Morgan fingerprint density at radius 3 is 2.62 bits per heavy atom. The summed E-state index contributed by atoms with van der Waals surface area (Å²) >= 11 is 0. The Hall–Kier alpha value is -0.390. The van der Waals surface area contributed by atoms with Gasteiger partial charge >= 0.3 is 10.4 Å². The second kappa shape index (κ2) is 6.12. The Morgan fingerprint density at radius 1 is 1.62 bits per heavy atom. The fourth-order valence-electron chi connectivity index (χ4n) is 0.909. The maximum atomic E-state index is 10.2. The first-order chi connectivity index (χ1) is 5.99. The van der Waals surface area contributed by atoms with Crippen LogP contribution in [0.1, 0.15) is 26.2 Å². The molecular weight excluding hydrogens is 192 g/mol. The van der Waals surface area contributed by atoms with Crippen LogP contribution in [0.15, 0.2) is 12.7 Å². The van der Waals surface area contributed by atoms with Gasteiger partial charge in [-0.05, 0) is 6.42 Å². The molecule has 1 atom stereocenters. The molecule has 13 heavy (non-hydrogen) atoms. The van der Waals surface area contributed by atoms with Crippen LogP contribution in [-0.2, 0) is 14.6 Å². The highest BCUT2D eigenvalue weighted by molar-refractivity contribution is 7.80. The average molecular weight is 208 g/mol. The highest BCUT2D eigenvalue weighted by Crippen LogP contribution is 2.10. The minimum Gasteiger partial charge on any atom is -0.264 e. The lowest BCUT2D eigenvalue weighted by molar-refractivity contribution is 0.235. The predicted molar refractivity (Wildman–Crippen MR) is 50.7 cm³/mol. The van der Waals surface area contributed by atoms with E-state index in [1.807, 2.05) is 6.92 Å². The van der Waals surface area contributed by atoms with Crippen molar-refractivity contribution in [2.75, 3.05) is 6.61 Å². The highest BCUT2D eigenvalue weighted by Gasteiger charge is 2.09. The molecule has 0 aliphatic rings. The third kappa shape index (κ3) is 7.95. The van der Waals surface area contributed by atoms with Crippen LogP contribution in [0.2, 0.25) is 0 Å². The summed E-state index contributed by atoms with van der Waals surface area (Å²) in [5.41, 5.74) is 0. The van der Waals surface area contributed by atoms with E-state index < -0.39 is 10.4 Å². The lowest BCUT2D eigenvalue weighted by Crippen LogP contribution is -2.12. The Bertz CT molecular complexity index is 233. The molecule has 4 nitrogen and oxygen atoms in total. The molecule has 0 saturated carbocycles. The standard InChI is InChI=1S/C8H16O4S/c1-3-5-6-8(4-2)7-12-13(9,10)11/h4,8H,2-3,5-7H2,1H3,(H,9,10,11). The zero-order valence-corrected chi connectivity index (χ0v) is 8.59. The van der Waals surface area contributed by atoms with Gasteiger partial charge in [-0.2, -0.15) is 8.42 Å². The van der Waals surface area contributed by atoms with Crippen LogP contribution >= 0.6 is 0 Å². The van der Waals surface area contributed by atoms with Crippen molar-refractivity contribution in [1.29, 1.82) is 0 Å². The Kier molecular flexibility index (Phi) is 5.94. The van der Waals surface area contributed by atoms with Crippen LogP contribution < -0.4 is 0 Å². The molecule has 0 fully saturated rings. The van der Waals surface area contributed by atoms with Gasteiger partial charge in [-0.1, -0.05) is 25.8 Å². The summed E-state index contributed by atoms with van der Waals surface area (Å²) in [5.74, 6) is -0.0122. The van der Waals surface area contributed by atoms with E-state index >= 15 is 0 Å². The summed E-state index contributed by atoms with van der Waals surface area (Å²) in [7, 11) is -4.30. The van der Waals surface area contributed by atoms with Crippen molar-refractivity contribution < 1.29 is 17.2 Å². The second-order valence-corrected chi connectivity index (χ2v) is 3.94. The summed E-state index contributed by atoms with van der Waals surface area (Å²) in [6, 6.07) is 0. The van der Waals surface area contributed by atoms with Crippen molar-refractivity contribution in [3.8, 4) is 0 Å². The van der Waals surface area contributed by atoms with E-state index in [-0.39, 0.29) is 12.5 Å². The quantitative estimate of drug-likeness (QED) is 0.512. The lowest BCUT2D eigenvalue weighted by Gasteiger charge is -2.09. The summed E-state index contributed by atoms with van der Waals surface area (Å²) in [5, 5.41) is 0. The molecular formula is C8H16O4S. The van der Waals surface area contributed by atoms with Crippen LogP contribution in [-0.4, -0.2) is 19.6 Å².